The zero-order chi connectivity index (χ0) is 23.1. The summed E-state index contributed by atoms with van der Waals surface area (Å²) in [5.41, 5.74) is 4.24. The maximum Gasteiger partial charge on any atom is 0.306 e. The molecule has 1 aromatic carbocycles. The molecule has 1 unspecified atom stereocenters. The molecular formula is C26H36ClN3O2. The summed E-state index contributed by atoms with van der Waals surface area (Å²) >= 11 is 5.99. The maximum absolute atomic E-state index is 11.8. The monoisotopic (exact) mass is 457 g/mol. The highest BCUT2D eigenvalue weighted by Crippen LogP contribution is 2.37. The van der Waals surface area contributed by atoms with E-state index in [9.17, 15) is 4.79 Å². The molecule has 1 heterocycles. The van der Waals surface area contributed by atoms with Gasteiger partial charge in [0.2, 0.25) is 0 Å². The van der Waals surface area contributed by atoms with Gasteiger partial charge in [0.05, 0.1) is 36.8 Å². The van der Waals surface area contributed by atoms with E-state index in [1.54, 1.807) is 12.3 Å². The number of rotatable bonds is 9. The number of hydrogen-bond donors (Lipinski definition) is 1. The van der Waals surface area contributed by atoms with E-state index in [1.807, 2.05) is 6.07 Å². The van der Waals surface area contributed by atoms with Gasteiger partial charge in [0, 0.05) is 12.6 Å². The fourth-order valence-corrected chi connectivity index (χ4v) is 4.61. The highest BCUT2D eigenvalue weighted by molar-refractivity contribution is 6.29. The number of halogens is 1. The molecule has 32 heavy (non-hydrogen) atoms. The molecule has 1 saturated carbocycles. The number of hydrogen-bond acceptors (Lipinski definition) is 5. The van der Waals surface area contributed by atoms with E-state index in [2.05, 4.69) is 54.2 Å². The molecule has 0 radical (unpaired) electrons. The van der Waals surface area contributed by atoms with Crippen molar-refractivity contribution in [1.29, 1.82) is 0 Å². The van der Waals surface area contributed by atoms with Crippen LogP contribution in [0.25, 0.3) is 0 Å². The molecule has 174 valence electrons. The third kappa shape index (κ3) is 6.61. The first-order valence-electron chi connectivity index (χ1n) is 11.7. The molecule has 0 spiro atoms. The molecule has 1 fully saturated rings. The second-order valence-corrected chi connectivity index (χ2v) is 9.68. The van der Waals surface area contributed by atoms with E-state index >= 15 is 0 Å². The molecule has 1 atom stereocenters. The zero-order valence-electron chi connectivity index (χ0n) is 19.7. The summed E-state index contributed by atoms with van der Waals surface area (Å²) < 4.78 is 4.88. The average molecular weight is 458 g/mol. The molecule has 0 bridgehead atoms. The molecule has 1 N–H and O–H groups in total. The van der Waals surface area contributed by atoms with Gasteiger partial charge in [0.1, 0.15) is 5.15 Å². The number of pyridine rings is 1. The van der Waals surface area contributed by atoms with Crippen LogP contribution in [-0.2, 0) is 9.53 Å². The Morgan fingerprint density at radius 3 is 2.56 bits per heavy atom. The third-order valence-corrected chi connectivity index (χ3v) is 6.41. The Morgan fingerprint density at radius 1 is 1.19 bits per heavy atom. The Hall–Kier alpha value is -2.27. The minimum atomic E-state index is -0.193. The van der Waals surface area contributed by atoms with Crippen LogP contribution >= 0.6 is 11.6 Å². The number of aromatic nitrogens is 1. The predicted molar refractivity (Wildman–Crippen MR) is 133 cm³/mol. The van der Waals surface area contributed by atoms with Crippen molar-refractivity contribution in [1.82, 2.24) is 4.98 Å². The van der Waals surface area contributed by atoms with Crippen molar-refractivity contribution in [3.05, 3.63) is 47.2 Å². The van der Waals surface area contributed by atoms with Gasteiger partial charge in [0.25, 0.3) is 0 Å². The molecule has 5 nitrogen and oxygen atoms in total. The van der Waals surface area contributed by atoms with Crippen LogP contribution in [0.3, 0.4) is 0 Å². The first-order chi connectivity index (χ1) is 15.4. The second kappa shape index (κ2) is 11.6. The van der Waals surface area contributed by atoms with Crippen LogP contribution in [0.2, 0.25) is 5.15 Å². The normalized spacial score (nSPS) is 15.4. The number of ether oxygens (including phenoxy) is 1. The average Bonchev–Trinajstić information content (AvgIpc) is 2.79. The van der Waals surface area contributed by atoms with Gasteiger partial charge in [-0.1, -0.05) is 57.7 Å². The summed E-state index contributed by atoms with van der Waals surface area (Å²) in [4.78, 5) is 18.7. The number of nitrogens with zero attached hydrogens (tertiary/aromatic N) is 2. The van der Waals surface area contributed by atoms with Gasteiger partial charge in [-0.15, -0.1) is 0 Å². The first kappa shape index (κ1) is 24.4. The summed E-state index contributed by atoms with van der Waals surface area (Å²) in [5.74, 6) is 0.426. The van der Waals surface area contributed by atoms with Gasteiger partial charge >= 0.3 is 5.97 Å². The SMILES string of the molecule is COC(=O)CC(C)c1ccc(N(CC(C)C)C2CCCCC2)c(Nc2ccc(Cl)nc2)c1. The van der Waals surface area contributed by atoms with Crippen LogP contribution in [0.4, 0.5) is 17.1 Å². The second-order valence-electron chi connectivity index (χ2n) is 9.29. The van der Waals surface area contributed by atoms with Gasteiger partial charge in [-0.05, 0) is 54.5 Å². The van der Waals surface area contributed by atoms with Crippen LogP contribution in [0, 0.1) is 5.92 Å². The number of benzene rings is 1. The fraction of sp³-hybridized carbons (Fsp3) is 0.538. The molecule has 0 amide bonds. The van der Waals surface area contributed by atoms with Crippen LogP contribution in [-0.4, -0.2) is 30.6 Å². The number of anilines is 3. The number of carbonyl (C=O) groups is 1. The Morgan fingerprint density at radius 2 is 1.94 bits per heavy atom. The minimum absolute atomic E-state index is 0.0635. The summed E-state index contributed by atoms with van der Waals surface area (Å²) in [6.45, 7) is 7.62. The third-order valence-electron chi connectivity index (χ3n) is 6.18. The number of nitrogens with one attached hydrogen (secondary N) is 1. The van der Waals surface area contributed by atoms with E-state index < -0.39 is 0 Å². The summed E-state index contributed by atoms with van der Waals surface area (Å²) in [6.07, 6.45) is 8.48. The lowest BCUT2D eigenvalue weighted by molar-refractivity contribution is -0.140. The Bertz CT molecular complexity index is 879. The van der Waals surface area contributed by atoms with Crippen molar-refractivity contribution in [3.63, 3.8) is 0 Å². The van der Waals surface area contributed by atoms with E-state index in [0.717, 1.165) is 23.5 Å². The molecule has 1 aliphatic carbocycles. The molecule has 1 aliphatic rings. The Labute approximate surface area is 197 Å². The lowest BCUT2D eigenvalue weighted by atomic mass is 9.92. The van der Waals surface area contributed by atoms with E-state index in [4.69, 9.17) is 16.3 Å². The smallest absolute Gasteiger partial charge is 0.306 e. The van der Waals surface area contributed by atoms with E-state index in [0.29, 0.717) is 23.5 Å². The van der Waals surface area contributed by atoms with Gasteiger partial charge in [-0.3, -0.25) is 4.79 Å². The van der Waals surface area contributed by atoms with Gasteiger partial charge in [-0.2, -0.15) is 0 Å². The molecule has 3 rings (SSSR count). The Kier molecular flexibility index (Phi) is 8.80. The van der Waals surface area contributed by atoms with Crippen molar-refractivity contribution in [2.24, 2.45) is 5.92 Å². The van der Waals surface area contributed by atoms with Crippen molar-refractivity contribution in [2.75, 3.05) is 23.9 Å². The quantitative estimate of drug-likeness (QED) is 0.326. The van der Waals surface area contributed by atoms with Crippen molar-refractivity contribution in [2.45, 2.75) is 71.3 Å². The van der Waals surface area contributed by atoms with Gasteiger partial charge < -0.3 is 15.0 Å². The maximum atomic E-state index is 11.8. The van der Waals surface area contributed by atoms with E-state index in [-0.39, 0.29) is 11.9 Å². The summed E-state index contributed by atoms with van der Waals surface area (Å²) in [5, 5.41) is 4.05. The predicted octanol–water partition coefficient (Wildman–Crippen LogP) is 6.94. The van der Waals surface area contributed by atoms with Crippen molar-refractivity contribution >= 4 is 34.6 Å². The standard InChI is InChI=1S/C26H36ClN3O2/c1-18(2)17-30(22-8-6-5-7-9-22)24-12-10-20(19(3)14-26(31)32-4)15-23(24)29-21-11-13-25(27)28-16-21/h10-13,15-16,18-19,22,29H,5-9,14,17H2,1-4H3. The summed E-state index contributed by atoms with van der Waals surface area (Å²) in [7, 11) is 1.44. The molecular weight excluding hydrogens is 422 g/mol. The fourth-order valence-electron chi connectivity index (χ4n) is 4.50. The number of esters is 1. The van der Waals surface area contributed by atoms with Crippen LogP contribution < -0.4 is 10.2 Å². The minimum Gasteiger partial charge on any atom is -0.469 e. The zero-order valence-corrected chi connectivity index (χ0v) is 20.5. The molecule has 0 aliphatic heterocycles. The van der Waals surface area contributed by atoms with Crippen molar-refractivity contribution < 1.29 is 9.53 Å². The number of methoxy groups -OCH3 is 1. The Balaban J connectivity index is 1.99. The van der Waals surface area contributed by atoms with Crippen LogP contribution in [0.15, 0.2) is 36.5 Å². The largest absolute Gasteiger partial charge is 0.469 e. The first-order valence-corrected chi connectivity index (χ1v) is 12.1. The molecule has 2 aromatic rings. The number of carbonyl (C=O) groups excluding carboxylic acids is 1. The molecule has 6 heteroatoms. The van der Waals surface area contributed by atoms with E-state index in [1.165, 1.54) is 44.9 Å². The van der Waals surface area contributed by atoms with Crippen molar-refractivity contribution in [3.8, 4) is 0 Å². The van der Waals surface area contributed by atoms with Crippen LogP contribution in [0.1, 0.15) is 70.8 Å². The summed E-state index contributed by atoms with van der Waals surface area (Å²) in [6, 6.07) is 10.8. The highest BCUT2D eigenvalue weighted by Gasteiger charge is 2.25. The lowest BCUT2D eigenvalue weighted by Gasteiger charge is -2.38. The van der Waals surface area contributed by atoms with Gasteiger partial charge in [-0.25, -0.2) is 4.98 Å². The highest BCUT2D eigenvalue weighted by atomic mass is 35.5. The van der Waals surface area contributed by atoms with Gasteiger partial charge in [0.15, 0.2) is 0 Å². The lowest BCUT2D eigenvalue weighted by Crippen LogP contribution is -2.39. The molecule has 0 saturated heterocycles. The van der Waals surface area contributed by atoms with Crippen LogP contribution in [0.5, 0.6) is 0 Å². The molecule has 1 aromatic heterocycles. The topological polar surface area (TPSA) is 54.5 Å².